The first kappa shape index (κ1) is 20.1. The van der Waals surface area contributed by atoms with Gasteiger partial charge in [-0.2, -0.15) is 0 Å². The van der Waals surface area contributed by atoms with E-state index in [2.05, 4.69) is 37.9 Å². The van der Waals surface area contributed by atoms with Crippen molar-refractivity contribution in [1.29, 1.82) is 0 Å². The number of carbonyl (C=O) groups is 1. The third-order valence-corrected chi connectivity index (χ3v) is 5.30. The van der Waals surface area contributed by atoms with Crippen LogP contribution in [-0.2, 0) is 13.6 Å². The second kappa shape index (κ2) is 9.54. The minimum Gasteiger partial charge on any atom is -0.497 e. The summed E-state index contributed by atoms with van der Waals surface area (Å²) in [5.74, 6) is 2.14. The van der Waals surface area contributed by atoms with Crippen molar-refractivity contribution in [2.45, 2.75) is 32.4 Å². The van der Waals surface area contributed by atoms with Crippen LogP contribution >= 0.6 is 0 Å². The van der Waals surface area contributed by atoms with Gasteiger partial charge in [0.2, 0.25) is 0 Å². The molecule has 0 aliphatic carbocycles. The summed E-state index contributed by atoms with van der Waals surface area (Å²) in [5, 5.41) is 13.8. The Hall–Kier alpha value is -2.61. The highest BCUT2D eigenvalue weighted by Gasteiger charge is 2.20. The number of hydrogen-bond acceptors (Lipinski definition) is 5. The van der Waals surface area contributed by atoms with Crippen molar-refractivity contribution in [3.05, 3.63) is 42.0 Å². The van der Waals surface area contributed by atoms with Crippen molar-refractivity contribution in [3.63, 3.8) is 0 Å². The number of likely N-dealkylation sites (tertiary alicyclic amines) is 1. The molecule has 1 saturated heterocycles. The molecule has 1 aliphatic heterocycles. The van der Waals surface area contributed by atoms with Crippen molar-refractivity contribution in [2.75, 3.05) is 26.7 Å². The lowest BCUT2D eigenvalue weighted by molar-refractivity contribution is 0.174. The zero-order valence-corrected chi connectivity index (χ0v) is 16.9. The Morgan fingerprint density at radius 3 is 2.61 bits per heavy atom. The Kier molecular flexibility index (Phi) is 6.86. The van der Waals surface area contributed by atoms with Gasteiger partial charge in [-0.3, -0.25) is 4.90 Å². The Labute approximate surface area is 166 Å². The Morgan fingerprint density at radius 2 is 2.00 bits per heavy atom. The van der Waals surface area contributed by atoms with E-state index in [1.54, 1.807) is 13.4 Å². The highest BCUT2D eigenvalue weighted by molar-refractivity contribution is 5.74. The van der Waals surface area contributed by atoms with Crippen molar-refractivity contribution in [3.8, 4) is 5.75 Å². The van der Waals surface area contributed by atoms with Gasteiger partial charge >= 0.3 is 6.03 Å². The third-order valence-electron chi connectivity index (χ3n) is 5.30. The Morgan fingerprint density at radius 1 is 1.29 bits per heavy atom. The number of methoxy groups -OCH3 is 1. The number of piperidine rings is 1. The molecule has 2 N–H and O–H groups in total. The predicted octanol–water partition coefficient (Wildman–Crippen LogP) is 2.10. The summed E-state index contributed by atoms with van der Waals surface area (Å²) >= 11 is 0. The van der Waals surface area contributed by atoms with Crippen LogP contribution in [0.25, 0.3) is 0 Å². The molecule has 8 nitrogen and oxygen atoms in total. The quantitative estimate of drug-likeness (QED) is 0.761. The van der Waals surface area contributed by atoms with E-state index in [-0.39, 0.29) is 12.1 Å². The van der Waals surface area contributed by atoms with Gasteiger partial charge in [-0.1, -0.05) is 12.1 Å². The molecule has 1 fully saturated rings. The van der Waals surface area contributed by atoms with Gasteiger partial charge < -0.3 is 19.9 Å². The summed E-state index contributed by atoms with van der Waals surface area (Å²) in [7, 11) is 3.55. The monoisotopic (exact) mass is 386 g/mol. The number of benzene rings is 1. The van der Waals surface area contributed by atoms with Gasteiger partial charge in [-0.05, 0) is 56.5 Å². The third kappa shape index (κ3) is 5.45. The van der Waals surface area contributed by atoms with Gasteiger partial charge in [0.15, 0.2) is 5.82 Å². The van der Waals surface area contributed by atoms with Gasteiger partial charge in [-0.25, -0.2) is 4.79 Å². The molecule has 2 aromatic rings. The number of hydrogen-bond donors (Lipinski definition) is 2. The zero-order chi connectivity index (χ0) is 19.9. The lowest BCUT2D eigenvalue weighted by atomic mass is 9.96. The van der Waals surface area contributed by atoms with E-state index in [1.807, 2.05) is 30.7 Å². The van der Waals surface area contributed by atoms with E-state index in [1.165, 1.54) is 5.56 Å². The molecule has 28 heavy (non-hydrogen) atoms. The first-order valence-electron chi connectivity index (χ1n) is 9.78. The minimum absolute atomic E-state index is 0.156. The first-order chi connectivity index (χ1) is 13.5. The van der Waals surface area contributed by atoms with Gasteiger partial charge in [0, 0.05) is 20.1 Å². The average Bonchev–Trinajstić information content (AvgIpc) is 3.14. The highest BCUT2D eigenvalue weighted by atomic mass is 16.5. The summed E-state index contributed by atoms with van der Waals surface area (Å²) in [4.78, 5) is 14.6. The van der Waals surface area contributed by atoms with Crippen LogP contribution in [-0.4, -0.2) is 52.4 Å². The number of rotatable bonds is 7. The molecule has 0 saturated carbocycles. The fourth-order valence-electron chi connectivity index (χ4n) is 3.57. The molecule has 1 aromatic carbocycles. The predicted molar refractivity (Wildman–Crippen MR) is 107 cm³/mol. The van der Waals surface area contributed by atoms with Crippen LogP contribution in [0.2, 0.25) is 0 Å². The standard InChI is InChI=1S/C20H30N6O2/c1-15(19-24-22-14-25(19)2)23-20(27)21-12-16-8-10-26(11-9-16)13-17-4-6-18(28-3)7-5-17/h4-7,14-16H,8-13H2,1-3H3,(H2,21,23,27). The maximum atomic E-state index is 12.2. The molecular formula is C20H30N6O2. The molecule has 1 aliphatic rings. The number of nitrogens with one attached hydrogen (secondary N) is 2. The van der Waals surface area contributed by atoms with Crippen LogP contribution in [0.4, 0.5) is 4.79 Å². The highest BCUT2D eigenvalue weighted by Crippen LogP contribution is 2.19. The van der Waals surface area contributed by atoms with E-state index >= 15 is 0 Å². The molecule has 2 amide bonds. The van der Waals surface area contributed by atoms with E-state index in [4.69, 9.17) is 4.74 Å². The SMILES string of the molecule is COc1ccc(CN2CCC(CNC(=O)NC(C)c3nncn3C)CC2)cc1. The number of ether oxygens (including phenoxy) is 1. The molecule has 1 aromatic heterocycles. The van der Waals surface area contributed by atoms with Crippen LogP contribution in [0.5, 0.6) is 5.75 Å². The van der Waals surface area contributed by atoms with Crippen LogP contribution in [0.3, 0.4) is 0 Å². The number of amides is 2. The molecule has 0 radical (unpaired) electrons. The second-order valence-corrected chi connectivity index (χ2v) is 7.44. The molecule has 0 spiro atoms. The number of urea groups is 1. The zero-order valence-electron chi connectivity index (χ0n) is 16.9. The normalized spacial score (nSPS) is 16.5. The number of aromatic nitrogens is 3. The van der Waals surface area contributed by atoms with Gasteiger partial charge in [0.25, 0.3) is 0 Å². The fraction of sp³-hybridized carbons (Fsp3) is 0.550. The van der Waals surface area contributed by atoms with Crippen molar-refractivity contribution in [1.82, 2.24) is 30.3 Å². The average molecular weight is 387 g/mol. The van der Waals surface area contributed by atoms with E-state index in [9.17, 15) is 4.79 Å². The maximum absolute atomic E-state index is 12.2. The second-order valence-electron chi connectivity index (χ2n) is 7.44. The molecule has 2 heterocycles. The van der Waals surface area contributed by atoms with Crippen LogP contribution < -0.4 is 15.4 Å². The largest absolute Gasteiger partial charge is 0.497 e. The minimum atomic E-state index is -0.182. The Balaban J connectivity index is 1.36. The molecule has 1 atom stereocenters. The topological polar surface area (TPSA) is 84.3 Å². The summed E-state index contributed by atoms with van der Waals surface area (Å²) in [6, 6.07) is 7.92. The van der Waals surface area contributed by atoms with Crippen molar-refractivity contribution < 1.29 is 9.53 Å². The summed E-state index contributed by atoms with van der Waals surface area (Å²) < 4.78 is 7.02. The van der Waals surface area contributed by atoms with Crippen LogP contribution in [0, 0.1) is 5.92 Å². The van der Waals surface area contributed by atoms with Gasteiger partial charge in [0.1, 0.15) is 12.1 Å². The lowest BCUT2D eigenvalue weighted by Crippen LogP contribution is -2.42. The number of nitrogens with zero attached hydrogens (tertiary/aromatic N) is 4. The molecule has 152 valence electrons. The molecule has 1 unspecified atom stereocenters. The van der Waals surface area contributed by atoms with Crippen molar-refractivity contribution in [2.24, 2.45) is 13.0 Å². The number of carbonyl (C=O) groups excluding carboxylic acids is 1. The van der Waals surface area contributed by atoms with Gasteiger partial charge in [0.05, 0.1) is 13.2 Å². The van der Waals surface area contributed by atoms with E-state index in [0.717, 1.165) is 44.0 Å². The Bertz CT molecular complexity index is 752. The lowest BCUT2D eigenvalue weighted by Gasteiger charge is -2.32. The molecule has 8 heteroatoms. The van der Waals surface area contributed by atoms with Gasteiger partial charge in [-0.15, -0.1) is 10.2 Å². The maximum Gasteiger partial charge on any atom is 0.315 e. The fourth-order valence-corrected chi connectivity index (χ4v) is 3.57. The molecular weight excluding hydrogens is 356 g/mol. The van der Waals surface area contributed by atoms with Crippen molar-refractivity contribution >= 4 is 6.03 Å². The van der Waals surface area contributed by atoms with E-state index < -0.39 is 0 Å². The number of aryl methyl sites for hydroxylation is 1. The summed E-state index contributed by atoms with van der Waals surface area (Å²) in [6.07, 6.45) is 3.82. The van der Waals surface area contributed by atoms with Crippen LogP contribution in [0.1, 0.15) is 37.2 Å². The first-order valence-corrected chi connectivity index (χ1v) is 9.78. The summed E-state index contributed by atoms with van der Waals surface area (Å²) in [5.41, 5.74) is 1.30. The smallest absolute Gasteiger partial charge is 0.315 e. The van der Waals surface area contributed by atoms with Crippen LogP contribution in [0.15, 0.2) is 30.6 Å². The molecule has 0 bridgehead atoms. The molecule has 3 rings (SSSR count). The summed E-state index contributed by atoms with van der Waals surface area (Å²) in [6.45, 7) is 5.67. The van der Waals surface area contributed by atoms with E-state index in [0.29, 0.717) is 12.5 Å².